The third-order valence-electron chi connectivity index (χ3n) is 5.97. The van der Waals surface area contributed by atoms with Gasteiger partial charge in [0.05, 0.1) is 16.2 Å². The van der Waals surface area contributed by atoms with Crippen LogP contribution in [0.5, 0.6) is 5.75 Å². The predicted molar refractivity (Wildman–Crippen MR) is 153 cm³/mol. The number of carbonyl (C=O) groups excluding carboxylic acids is 2. The molecular formula is C27H31Cl2IN2O5. The Hall–Kier alpha value is -1.85. The van der Waals surface area contributed by atoms with Gasteiger partial charge in [-0.2, -0.15) is 0 Å². The van der Waals surface area contributed by atoms with E-state index < -0.39 is 18.2 Å². The molecule has 0 spiro atoms. The number of benzene rings is 2. The maximum Gasteiger partial charge on any atom is 0.247 e. The summed E-state index contributed by atoms with van der Waals surface area (Å²) in [4.78, 5) is 28.0. The number of aliphatic hydroxyl groups excluding tert-OH is 2. The fourth-order valence-electron chi connectivity index (χ4n) is 4.16. The number of hydrogen-bond acceptors (Lipinski definition) is 5. The number of halogens is 3. The molecule has 3 unspecified atom stereocenters. The van der Waals surface area contributed by atoms with Gasteiger partial charge in [0.1, 0.15) is 18.0 Å². The first-order valence-electron chi connectivity index (χ1n) is 12.0. The van der Waals surface area contributed by atoms with E-state index in [2.05, 4.69) is 27.9 Å². The van der Waals surface area contributed by atoms with E-state index in [0.717, 1.165) is 3.57 Å². The molecule has 2 amide bonds. The van der Waals surface area contributed by atoms with Crippen molar-refractivity contribution in [2.75, 3.05) is 13.2 Å². The van der Waals surface area contributed by atoms with Crippen molar-refractivity contribution < 1.29 is 24.5 Å². The molecule has 0 heterocycles. The highest BCUT2D eigenvalue weighted by Gasteiger charge is 2.40. The Labute approximate surface area is 240 Å². The molecule has 0 saturated carbocycles. The third kappa shape index (κ3) is 8.07. The van der Waals surface area contributed by atoms with Gasteiger partial charge in [-0.1, -0.05) is 55.2 Å². The fourth-order valence-corrected chi connectivity index (χ4v) is 5.14. The van der Waals surface area contributed by atoms with Crippen LogP contribution in [-0.4, -0.2) is 58.3 Å². The third-order valence-corrected chi connectivity index (χ3v) is 7.45. The number of aliphatic hydroxyl groups is 2. The summed E-state index contributed by atoms with van der Waals surface area (Å²) < 4.78 is 7.01. The molecule has 2 aromatic rings. The molecule has 0 radical (unpaired) electrons. The molecule has 0 fully saturated rings. The summed E-state index contributed by atoms with van der Waals surface area (Å²) in [6.45, 7) is 3.90. The summed E-state index contributed by atoms with van der Waals surface area (Å²) in [6.07, 6.45) is -0.0461. The summed E-state index contributed by atoms with van der Waals surface area (Å²) in [7, 11) is 0. The van der Waals surface area contributed by atoms with Crippen molar-refractivity contribution in [1.29, 1.82) is 0 Å². The number of amides is 2. The van der Waals surface area contributed by atoms with Crippen LogP contribution in [0.2, 0.25) is 10.0 Å². The van der Waals surface area contributed by atoms with Crippen LogP contribution in [-0.2, 0) is 16.1 Å². The summed E-state index contributed by atoms with van der Waals surface area (Å²) in [6, 6.07) is 11.7. The minimum Gasteiger partial charge on any atom is -0.482 e. The molecule has 1 aliphatic carbocycles. The minimum absolute atomic E-state index is 0.0808. The molecule has 3 rings (SSSR count). The number of nitrogens with one attached hydrogen (secondary N) is 1. The highest BCUT2D eigenvalue weighted by atomic mass is 127. The average molecular weight is 661 g/mol. The quantitative estimate of drug-likeness (QED) is 0.324. The maximum atomic E-state index is 13.5. The molecule has 3 atom stereocenters. The van der Waals surface area contributed by atoms with Gasteiger partial charge in [0, 0.05) is 41.5 Å². The van der Waals surface area contributed by atoms with Crippen LogP contribution in [0.15, 0.2) is 54.1 Å². The maximum absolute atomic E-state index is 13.5. The van der Waals surface area contributed by atoms with Crippen molar-refractivity contribution >= 4 is 57.6 Å². The number of ether oxygens (including phenoxy) is 1. The Morgan fingerprint density at radius 3 is 2.59 bits per heavy atom. The summed E-state index contributed by atoms with van der Waals surface area (Å²) in [5.41, 5.74) is 1.04. The largest absolute Gasteiger partial charge is 0.482 e. The van der Waals surface area contributed by atoms with E-state index in [1.54, 1.807) is 35.2 Å². The molecule has 200 valence electrons. The first-order valence-corrected chi connectivity index (χ1v) is 13.9. The molecule has 0 saturated heterocycles. The van der Waals surface area contributed by atoms with Gasteiger partial charge in [0.25, 0.3) is 0 Å². The molecule has 7 nitrogen and oxygen atoms in total. The van der Waals surface area contributed by atoms with Crippen LogP contribution in [0, 0.1) is 9.49 Å². The smallest absolute Gasteiger partial charge is 0.247 e. The average Bonchev–Trinajstić information content (AvgIpc) is 2.84. The Morgan fingerprint density at radius 2 is 1.95 bits per heavy atom. The zero-order valence-electron chi connectivity index (χ0n) is 20.7. The first kappa shape index (κ1) is 29.7. The summed E-state index contributed by atoms with van der Waals surface area (Å²) in [5, 5.41) is 24.2. The van der Waals surface area contributed by atoms with Gasteiger partial charge in [-0.3, -0.25) is 9.59 Å². The van der Waals surface area contributed by atoms with Gasteiger partial charge in [0.2, 0.25) is 11.8 Å². The number of hydrogen-bond donors (Lipinski definition) is 3. The summed E-state index contributed by atoms with van der Waals surface area (Å²) >= 11 is 14.6. The lowest BCUT2D eigenvalue weighted by Gasteiger charge is -2.41. The van der Waals surface area contributed by atoms with E-state index in [1.165, 1.54) is 0 Å². The molecule has 0 bridgehead atoms. The second-order valence-corrected chi connectivity index (χ2v) is 11.3. The molecule has 2 aromatic carbocycles. The van der Waals surface area contributed by atoms with E-state index >= 15 is 0 Å². The van der Waals surface area contributed by atoms with Crippen LogP contribution in [0.3, 0.4) is 0 Å². The minimum atomic E-state index is -1.12. The van der Waals surface area contributed by atoms with Crippen molar-refractivity contribution in [1.82, 2.24) is 10.2 Å². The molecule has 3 N–H and O–H groups in total. The van der Waals surface area contributed by atoms with E-state index in [9.17, 15) is 14.7 Å². The molecule has 10 heteroatoms. The zero-order valence-corrected chi connectivity index (χ0v) is 24.3. The number of rotatable bonds is 10. The van der Waals surface area contributed by atoms with Crippen LogP contribution in [0.4, 0.5) is 0 Å². The van der Waals surface area contributed by atoms with E-state index in [-0.39, 0.29) is 50.3 Å². The van der Waals surface area contributed by atoms with Crippen LogP contribution in [0.1, 0.15) is 32.3 Å². The molecule has 0 aliphatic heterocycles. The Morgan fingerprint density at radius 1 is 1.22 bits per heavy atom. The van der Waals surface area contributed by atoms with Crippen LogP contribution < -0.4 is 10.1 Å². The molecular weight excluding hydrogens is 630 g/mol. The lowest BCUT2D eigenvalue weighted by atomic mass is 9.87. The van der Waals surface area contributed by atoms with Crippen molar-refractivity contribution in [3.8, 4) is 5.75 Å². The van der Waals surface area contributed by atoms with Gasteiger partial charge < -0.3 is 25.2 Å². The lowest BCUT2D eigenvalue weighted by Crippen LogP contribution is -2.55. The second kappa shape index (κ2) is 13.8. The fraction of sp³-hybridized carbons (Fsp3) is 0.407. The van der Waals surface area contributed by atoms with Crippen molar-refractivity contribution in [3.63, 3.8) is 0 Å². The second-order valence-electron chi connectivity index (χ2n) is 9.30. The Kier molecular flexibility index (Phi) is 11.1. The van der Waals surface area contributed by atoms with Gasteiger partial charge in [0.15, 0.2) is 0 Å². The highest BCUT2D eigenvalue weighted by Crippen LogP contribution is 2.32. The topological polar surface area (TPSA) is 99.1 Å². The first-order chi connectivity index (χ1) is 17.6. The van der Waals surface area contributed by atoms with Gasteiger partial charge in [-0.15, -0.1) is 0 Å². The standard InChI is InChI=1S/C27H31Cl2IN2O5/c1-16(2)11-25(34)32(15-17-7-8-19(28)14-20(17)29)22-12-18(27(36)31-9-10-33)13-24(26(22)35)37-23-6-4-3-5-21(23)30/h3-8,13-14,16,22,24,26,33,35H,9-12,15H2,1-2H3,(H,31,36). The normalized spacial score (nSPS) is 19.4. The highest BCUT2D eigenvalue weighted by molar-refractivity contribution is 14.1. The number of para-hydroxylation sites is 1. The Balaban J connectivity index is 2.00. The summed E-state index contributed by atoms with van der Waals surface area (Å²) in [5.74, 6) is 0.0791. The molecule has 37 heavy (non-hydrogen) atoms. The Bertz CT molecular complexity index is 1140. The number of carbonyl (C=O) groups is 2. The van der Waals surface area contributed by atoms with Gasteiger partial charge in [-0.05, 0) is 64.4 Å². The van der Waals surface area contributed by atoms with E-state index in [4.69, 9.17) is 33.0 Å². The zero-order chi connectivity index (χ0) is 27.1. The van der Waals surface area contributed by atoms with Crippen molar-refractivity contribution in [2.45, 2.75) is 51.5 Å². The van der Waals surface area contributed by atoms with E-state index in [1.807, 2.05) is 32.0 Å². The van der Waals surface area contributed by atoms with Gasteiger partial charge in [-0.25, -0.2) is 0 Å². The molecule has 1 aliphatic rings. The number of nitrogens with zero attached hydrogens (tertiary/aromatic N) is 1. The van der Waals surface area contributed by atoms with E-state index in [0.29, 0.717) is 26.9 Å². The molecule has 0 aromatic heterocycles. The van der Waals surface area contributed by atoms with Crippen LogP contribution in [0.25, 0.3) is 0 Å². The SMILES string of the molecule is CC(C)CC(=O)N(Cc1ccc(Cl)cc1Cl)C1CC(C(=O)NCCO)=CC(Oc2ccccc2I)C1O. The lowest BCUT2D eigenvalue weighted by molar-refractivity contribution is -0.140. The van der Waals surface area contributed by atoms with Crippen molar-refractivity contribution in [3.05, 3.63) is 73.3 Å². The van der Waals surface area contributed by atoms with Crippen molar-refractivity contribution in [2.24, 2.45) is 5.92 Å². The van der Waals surface area contributed by atoms with Gasteiger partial charge >= 0.3 is 0 Å². The predicted octanol–water partition coefficient (Wildman–Crippen LogP) is 4.59. The van der Waals surface area contributed by atoms with Crippen LogP contribution >= 0.6 is 45.8 Å². The monoisotopic (exact) mass is 660 g/mol.